The first-order chi connectivity index (χ1) is 14.1. The van der Waals surface area contributed by atoms with E-state index in [1.165, 1.54) is 23.9 Å². The van der Waals surface area contributed by atoms with Gasteiger partial charge in [-0.15, -0.1) is 0 Å². The van der Waals surface area contributed by atoms with E-state index in [1.807, 2.05) is 29.2 Å². The zero-order chi connectivity index (χ0) is 20.2. The number of rotatable bonds is 6. The Morgan fingerprint density at radius 2 is 2.00 bits per heavy atom. The van der Waals surface area contributed by atoms with Gasteiger partial charge in [-0.2, -0.15) is 0 Å². The summed E-state index contributed by atoms with van der Waals surface area (Å²) in [5.41, 5.74) is 2.34. The van der Waals surface area contributed by atoms with Crippen molar-refractivity contribution in [3.63, 3.8) is 0 Å². The second kappa shape index (κ2) is 8.84. The highest BCUT2D eigenvalue weighted by molar-refractivity contribution is 7.99. The number of amides is 1. The maximum Gasteiger partial charge on any atom is 0.257 e. The highest BCUT2D eigenvalue weighted by Gasteiger charge is 2.22. The second-order valence-electron chi connectivity index (χ2n) is 6.85. The quantitative estimate of drug-likeness (QED) is 0.575. The molecule has 6 nitrogen and oxygen atoms in total. The number of para-hydroxylation sites is 2. The number of thioether (sulfide) groups is 1. The SMILES string of the molecule is COc1ccc(F)cc1CN1CCN(C(=O)CSc2nc3ccccc3o2)CC1. The first-order valence-electron chi connectivity index (χ1n) is 9.43. The number of nitrogens with zero attached hydrogens (tertiary/aromatic N) is 3. The number of halogens is 1. The molecule has 0 aliphatic carbocycles. The summed E-state index contributed by atoms with van der Waals surface area (Å²) in [5, 5.41) is 0.511. The molecule has 1 saturated heterocycles. The summed E-state index contributed by atoms with van der Waals surface area (Å²) >= 11 is 1.32. The third-order valence-electron chi connectivity index (χ3n) is 4.95. The molecule has 0 spiro atoms. The number of methoxy groups -OCH3 is 1. The topological polar surface area (TPSA) is 58.8 Å². The van der Waals surface area contributed by atoms with Gasteiger partial charge in [-0.05, 0) is 30.3 Å². The highest BCUT2D eigenvalue weighted by atomic mass is 32.2. The molecule has 1 aromatic heterocycles. The Bertz CT molecular complexity index is 969. The lowest BCUT2D eigenvalue weighted by Gasteiger charge is -2.34. The van der Waals surface area contributed by atoms with Crippen LogP contribution in [0.3, 0.4) is 0 Å². The number of aromatic nitrogens is 1. The van der Waals surface area contributed by atoms with Gasteiger partial charge in [-0.25, -0.2) is 9.37 Å². The van der Waals surface area contributed by atoms with Gasteiger partial charge in [0.15, 0.2) is 5.58 Å². The predicted molar refractivity (Wildman–Crippen MR) is 110 cm³/mol. The maximum absolute atomic E-state index is 13.6. The number of oxazole rings is 1. The fourth-order valence-electron chi connectivity index (χ4n) is 3.39. The van der Waals surface area contributed by atoms with Crippen LogP contribution >= 0.6 is 11.8 Å². The van der Waals surface area contributed by atoms with Crippen LogP contribution in [0, 0.1) is 5.82 Å². The van der Waals surface area contributed by atoms with Gasteiger partial charge >= 0.3 is 0 Å². The smallest absolute Gasteiger partial charge is 0.257 e. The van der Waals surface area contributed by atoms with Crippen LogP contribution in [-0.2, 0) is 11.3 Å². The first kappa shape index (κ1) is 19.7. The Morgan fingerprint density at radius 1 is 1.21 bits per heavy atom. The van der Waals surface area contributed by atoms with Gasteiger partial charge in [0.25, 0.3) is 5.22 Å². The molecule has 1 aliphatic heterocycles. The summed E-state index contributed by atoms with van der Waals surface area (Å²) in [6.07, 6.45) is 0. The van der Waals surface area contributed by atoms with E-state index in [1.54, 1.807) is 13.2 Å². The second-order valence-corrected chi connectivity index (χ2v) is 7.78. The third-order valence-corrected chi connectivity index (χ3v) is 5.77. The molecular formula is C21H22FN3O3S. The van der Waals surface area contributed by atoms with Crippen molar-refractivity contribution in [3.8, 4) is 5.75 Å². The molecule has 0 unspecified atom stereocenters. The number of hydrogen-bond acceptors (Lipinski definition) is 6. The number of ether oxygens (including phenoxy) is 1. The molecule has 0 radical (unpaired) electrons. The van der Waals surface area contributed by atoms with E-state index in [2.05, 4.69) is 9.88 Å². The van der Waals surface area contributed by atoms with E-state index >= 15 is 0 Å². The number of carbonyl (C=O) groups excluding carboxylic acids is 1. The third kappa shape index (κ3) is 4.71. The molecule has 3 aromatic rings. The van der Waals surface area contributed by atoms with Crippen LogP contribution in [-0.4, -0.2) is 59.7 Å². The minimum absolute atomic E-state index is 0.0697. The zero-order valence-electron chi connectivity index (χ0n) is 16.1. The molecule has 1 amide bonds. The Hall–Kier alpha value is -2.58. The van der Waals surface area contributed by atoms with Gasteiger partial charge in [-0.1, -0.05) is 23.9 Å². The Kier molecular flexibility index (Phi) is 6.01. The normalized spacial score (nSPS) is 15.0. The molecule has 0 saturated carbocycles. The fourth-order valence-corrected chi connectivity index (χ4v) is 4.14. The van der Waals surface area contributed by atoms with Crippen LogP contribution in [0.15, 0.2) is 52.1 Å². The Labute approximate surface area is 172 Å². The van der Waals surface area contributed by atoms with Gasteiger partial charge in [0.05, 0.1) is 12.9 Å². The standard InChI is InChI=1S/C21H22FN3O3S/c1-27-18-7-6-16(22)12-15(18)13-24-8-10-25(11-9-24)20(26)14-29-21-23-17-4-2-3-5-19(17)28-21/h2-7,12H,8-11,13-14H2,1H3. The van der Waals surface area contributed by atoms with Crippen LogP contribution in [0.4, 0.5) is 4.39 Å². The lowest BCUT2D eigenvalue weighted by molar-refractivity contribution is -0.130. The van der Waals surface area contributed by atoms with Crippen molar-refractivity contribution in [2.75, 3.05) is 39.0 Å². The Morgan fingerprint density at radius 3 is 2.76 bits per heavy atom. The van der Waals surface area contributed by atoms with Crippen molar-refractivity contribution < 1.29 is 18.3 Å². The number of hydrogen-bond donors (Lipinski definition) is 0. The number of fused-ring (bicyclic) bond motifs is 1. The average Bonchev–Trinajstić information content (AvgIpc) is 3.16. The summed E-state index contributed by atoms with van der Waals surface area (Å²) in [6, 6.07) is 12.1. The number of piperazine rings is 1. The zero-order valence-corrected chi connectivity index (χ0v) is 17.0. The number of carbonyl (C=O) groups is 1. The molecule has 1 aliphatic rings. The van der Waals surface area contributed by atoms with E-state index in [0.717, 1.165) is 29.8 Å². The molecule has 0 bridgehead atoms. The van der Waals surface area contributed by atoms with Gasteiger partial charge < -0.3 is 14.1 Å². The van der Waals surface area contributed by atoms with Gasteiger partial charge in [-0.3, -0.25) is 9.69 Å². The van der Waals surface area contributed by atoms with Crippen LogP contribution in [0.2, 0.25) is 0 Å². The van der Waals surface area contributed by atoms with E-state index in [0.29, 0.717) is 36.4 Å². The largest absolute Gasteiger partial charge is 0.496 e. The summed E-state index contributed by atoms with van der Waals surface area (Å²) in [6.45, 7) is 3.35. The first-order valence-corrected chi connectivity index (χ1v) is 10.4. The lowest BCUT2D eigenvalue weighted by Crippen LogP contribution is -2.48. The van der Waals surface area contributed by atoms with Crippen molar-refractivity contribution in [1.82, 2.24) is 14.8 Å². The van der Waals surface area contributed by atoms with Crippen molar-refractivity contribution in [3.05, 3.63) is 53.8 Å². The molecular weight excluding hydrogens is 393 g/mol. The van der Waals surface area contributed by atoms with E-state index in [4.69, 9.17) is 9.15 Å². The van der Waals surface area contributed by atoms with E-state index < -0.39 is 0 Å². The molecule has 2 aromatic carbocycles. The fraction of sp³-hybridized carbons (Fsp3) is 0.333. The molecule has 29 heavy (non-hydrogen) atoms. The Balaban J connectivity index is 1.28. The minimum atomic E-state index is -0.272. The predicted octanol–water partition coefficient (Wildman–Crippen LogP) is 3.41. The maximum atomic E-state index is 13.6. The van der Waals surface area contributed by atoms with E-state index in [-0.39, 0.29) is 11.7 Å². The molecule has 0 atom stereocenters. The van der Waals surface area contributed by atoms with Crippen LogP contribution in [0.5, 0.6) is 5.75 Å². The molecule has 8 heteroatoms. The van der Waals surface area contributed by atoms with Crippen molar-refractivity contribution >= 4 is 28.8 Å². The lowest BCUT2D eigenvalue weighted by atomic mass is 10.1. The minimum Gasteiger partial charge on any atom is -0.496 e. The summed E-state index contributed by atoms with van der Waals surface area (Å²) in [4.78, 5) is 21.0. The summed E-state index contributed by atoms with van der Waals surface area (Å²) in [5.74, 6) is 0.774. The van der Waals surface area contributed by atoms with Crippen LogP contribution in [0.25, 0.3) is 11.1 Å². The van der Waals surface area contributed by atoms with Crippen LogP contribution < -0.4 is 4.74 Å². The van der Waals surface area contributed by atoms with Crippen molar-refractivity contribution in [2.45, 2.75) is 11.8 Å². The van der Waals surface area contributed by atoms with Crippen molar-refractivity contribution in [2.24, 2.45) is 0 Å². The van der Waals surface area contributed by atoms with E-state index in [9.17, 15) is 9.18 Å². The highest BCUT2D eigenvalue weighted by Crippen LogP contribution is 2.24. The molecule has 152 valence electrons. The average molecular weight is 415 g/mol. The van der Waals surface area contributed by atoms with Gasteiger partial charge in [0.2, 0.25) is 5.91 Å². The number of benzene rings is 2. The summed E-state index contributed by atoms with van der Waals surface area (Å²) < 4.78 is 24.5. The van der Waals surface area contributed by atoms with Gasteiger partial charge in [0.1, 0.15) is 17.1 Å². The molecule has 0 N–H and O–H groups in total. The van der Waals surface area contributed by atoms with Gasteiger partial charge in [0, 0.05) is 38.3 Å². The molecule has 2 heterocycles. The molecule has 4 rings (SSSR count). The van der Waals surface area contributed by atoms with Crippen molar-refractivity contribution in [1.29, 1.82) is 0 Å². The monoisotopic (exact) mass is 415 g/mol. The van der Waals surface area contributed by atoms with Crippen LogP contribution in [0.1, 0.15) is 5.56 Å². The molecule has 1 fully saturated rings. The summed E-state index contributed by atoms with van der Waals surface area (Å²) in [7, 11) is 1.59.